The number of nitrogens with zero attached hydrogens (tertiary/aromatic N) is 1. The van der Waals surface area contributed by atoms with E-state index < -0.39 is 0 Å². The van der Waals surface area contributed by atoms with E-state index in [0.29, 0.717) is 6.54 Å². The summed E-state index contributed by atoms with van der Waals surface area (Å²) in [4.78, 5) is 20.1. The Morgan fingerprint density at radius 3 is 3.17 bits per heavy atom. The molecule has 0 bridgehead atoms. The first-order valence-electron chi connectivity index (χ1n) is 7.89. The maximum atomic E-state index is 12.4. The smallest absolute Gasteiger partial charge is 0.231 e. The van der Waals surface area contributed by atoms with E-state index in [1.54, 1.807) is 0 Å². The van der Waals surface area contributed by atoms with Crippen LogP contribution in [-0.4, -0.2) is 22.7 Å². The maximum absolute atomic E-state index is 12.4. The minimum atomic E-state index is 0.0105. The van der Waals surface area contributed by atoms with Crippen LogP contribution in [0, 0.1) is 12.8 Å². The Bertz CT molecular complexity index is 754. The van der Waals surface area contributed by atoms with Crippen molar-refractivity contribution in [2.45, 2.75) is 32.7 Å². The normalized spacial score (nSPS) is 18.6. The molecule has 2 N–H and O–H groups in total. The molecule has 1 aromatic carbocycles. The van der Waals surface area contributed by atoms with Crippen molar-refractivity contribution in [1.29, 1.82) is 0 Å². The van der Waals surface area contributed by atoms with Crippen LogP contribution >= 0.6 is 0 Å². The van der Waals surface area contributed by atoms with Crippen LogP contribution in [0.5, 0.6) is 11.5 Å². The van der Waals surface area contributed by atoms with Crippen LogP contribution in [0.25, 0.3) is 0 Å². The van der Waals surface area contributed by atoms with Gasteiger partial charge in [0.1, 0.15) is 5.82 Å². The van der Waals surface area contributed by atoms with E-state index in [2.05, 4.69) is 15.3 Å². The molecule has 0 radical (unpaired) electrons. The second kappa shape index (κ2) is 5.61. The highest BCUT2D eigenvalue weighted by Gasteiger charge is 2.26. The number of rotatable bonds is 3. The molecule has 0 saturated carbocycles. The highest BCUT2D eigenvalue weighted by molar-refractivity contribution is 5.79. The zero-order chi connectivity index (χ0) is 15.8. The number of ether oxygens (including phenoxy) is 2. The molecule has 6 heteroatoms. The van der Waals surface area contributed by atoms with Gasteiger partial charge >= 0.3 is 0 Å². The average molecular weight is 313 g/mol. The van der Waals surface area contributed by atoms with Gasteiger partial charge in [0.25, 0.3) is 0 Å². The maximum Gasteiger partial charge on any atom is 0.231 e. The van der Waals surface area contributed by atoms with Gasteiger partial charge in [-0.05, 0) is 37.5 Å². The lowest BCUT2D eigenvalue weighted by atomic mass is 9.89. The van der Waals surface area contributed by atoms with E-state index >= 15 is 0 Å². The molecule has 1 aliphatic carbocycles. The highest BCUT2D eigenvalue weighted by atomic mass is 16.7. The fourth-order valence-electron chi connectivity index (χ4n) is 3.23. The van der Waals surface area contributed by atoms with E-state index in [4.69, 9.17) is 9.47 Å². The van der Waals surface area contributed by atoms with Gasteiger partial charge in [0, 0.05) is 24.6 Å². The summed E-state index contributed by atoms with van der Waals surface area (Å²) < 4.78 is 10.6. The lowest BCUT2D eigenvalue weighted by Crippen LogP contribution is -2.33. The van der Waals surface area contributed by atoms with Crippen LogP contribution in [0.4, 0.5) is 0 Å². The zero-order valence-corrected chi connectivity index (χ0v) is 13.0. The summed E-state index contributed by atoms with van der Waals surface area (Å²) in [6.07, 6.45) is 2.45. The Balaban J connectivity index is 1.37. The third-order valence-electron chi connectivity index (χ3n) is 4.44. The zero-order valence-electron chi connectivity index (χ0n) is 13.0. The first-order chi connectivity index (χ1) is 11.2. The quantitative estimate of drug-likeness (QED) is 0.907. The number of nitrogens with one attached hydrogen (secondary N) is 2. The van der Waals surface area contributed by atoms with Crippen LogP contribution in [0.1, 0.15) is 29.2 Å². The number of aromatic amines is 1. The molecule has 120 valence electrons. The SMILES string of the molecule is Cc1nc2c([nH]1)CC(C(=O)NCc1ccc3c(c1)OCO3)CC2. The molecular weight excluding hydrogens is 294 g/mol. The molecule has 4 rings (SSSR count). The Morgan fingerprint density at radius 2 is 2.26 bits per heavy atom. The van der Waals surface area contributed by atoms with Crippen molar-refractivity contribution in [2.24, 2.45) is 5.92 Å². The predicted molar refractivity (Wildman–Crippen MR) is 83.3 cm³/mol. The molecule has 1 atom stereocenters. The van der Waals surface area contributed by atoms with Crippen LogP contribution in [0.15, 0.2) is 18.2 Å². The predicted octanol–water partition coefficient (Wildman–Crippen LogP) is 1.87. The van der Waals surface area contributed by atoms with E-state index in [-0.39, 0.29) is 18.6 Å². The number of hydrogen-bond donors (Lipinski definition) is 2. The van der Waals surface area contributed by atoms with Crippen molar-refractivity contribution in [1.82, 2.24) is 15.3 Å². The molecule has 1 unspecified atom stereocenters. The minimum Gasteiger partial charge on any atom is -0.454 e. The van der Waals surface area contributed by atoms with E-state index in [9.17, 15) is 4.79 Å². The van der Waals surface area contributed by atoms with E-state index in [1.165, 1.54) is 0 Å². The van der Waals surface area contributed by atoms with Crippen molar-refractivity contribution < 1.29 is 14.3 Å². The molecule has 0 spiro atoms. The third-order valence-corrected chi connectivity index (χ3v) is 4.44. The number of imidazole rings is 1. The number of carbonyl (C=O) groups is 1. The topological polar surface area (TPSA) is 76.2 Å². The molecule has 0 saturated heterocycles. The summed E-state index contributed by atoms with van der Waals surface area (Å²) in [5.41, 5.74) is 3.23. The Kier molecular flexibility index (Phi) is 3.44. The van der Waals surface area contributed by atoms with Crippen LogP contribution in [-0.2, 0) is 24.2 Å². The van der Waals surface area contributed by atoms with Crippen LogP contribution < -0.4 is 14.8 Å². The molecule has 2 aliphatic rings. The number of aryl methyl sites for hydroxylation is 2. The summed E-state index contributed by atoms with van der Waals surface area (Å²) in [5.74, 6) is 2.54. The standard InChI is InChI=1S/C17H19N3O3/c1-10-19-13-4-3-12(7-14(13)20-10)17(21)18-8-11-2-5-15-16(6-11)23-9-22-15/h2,5-6,12H,3-4,7-9H2,1H3,(H,18,21)(H,19,20). The number of H-pyrrole nitrogens is 1. The van der Waals surface area contributed by atoms with Gasteiger partial charge in [0.05, 0.1) is 5.69 Å². The summed E-state index contributed by atoms with van der Waals surface area (Å²) in [6, 6.07) is 5.74. The summed E-state index contributed by atoms with van der Waals surface area (Å²) in [7, 11) is 0. The number of aromatic nitrogens is 2. The molecule has 0 fully saturated rings. The lowest BCUT2D eigenvalue weighted by molar-refractivity contribution is -0.125. The second-order valence-corrected chi connectivity index (χ2v) is 6.09. The van der Waals surface area contributed by atoms with E-state index in [1.807, 2.05) is 25.1 Å². The first kappa shape index (κ1) is 14.1. The number of benzene rings is 1. The number of hydrogen-bond acceptors (Lipinski definition) is 4. The summed E-state index contributed by atoms with van der Waals surface area (Å²) in [5, 5.41) is 3.03. The van der Waals surface area contributed by atoms with Gasteiger partial charge in [-0.1, -0.05) is 6.07 Å². The Labute approximate surface area is 134 Å². The Hall–Kier alpha value is -2.50. The average Bonchev–Trinajstić information content (AvgIpc) is 3.16. The molecule has 2 aromatic rings. The van der Waals surface area contributed by atoms with Crippen molar-refractivity contribution >= 4 is 5.91 Å². The van der Waals surface area contributed by atoms with Gasteiger partial charge < -0.3 is 19.8 Å². The molecule has 23 heavy (non-hydrogen) atoms. The molecule has 1 aromatic heterocycles. The summed E-state index contributed by atoms with van der Waals surface area (Å²) >= 11 is 0. The highest BCUT2D eigenvalue weighted by Crippen LogP contribution is 2.32. The van der Waals surface area contributed by atoms with Gasteiger partial charge in [-0.15, -0.1) is 0 Å². The first-order valence-corrected chi connectivity index (χ1v) is 7.89. The van der Waals surface area contributed by atoms with Gasteiger partial charge in [-0.3, -0.25) is 4.79 Å². The van der Waals surface area contributed by atoms with Crippen LogP contribution in [0.2, 0.25) is 0 Å². The molecule has 1 aliphatic heterocycles. The summed E-state index contributed by atoms with van der Waals surface area (Å²) in [6.45, 7) is 2.72. The van der Waals surface area contributed by atoms with Crippen molar-refractivity contribution in [3.63, 3.8) is 0 Å². The Morgan fingerprint density at radius 1 is 1.39 bits per heavy atom. The fourth-order valence-corrected chi connectivity index (χ4v) is 3.23. The number of amides is 1. The van der Waals surface area contributed by atoms with Crippen molar-refractivity contribution in [3.8, 4) is 11.5 Å². The molecular formula is C17H19N3O3. The van der Waals surface area contributed by atoms with Gasteiger partial charge in [-0.2, -0.15) is 0 Å². The largest absolute Gasteiger partial charge is 0.454 e. The van der Waals surface area contributed by atoms with Gasteiger partial charge in [0.15, 0.2) is 11.5 Å². The molecule has 1 amide bonds. The van der Waals surface area contributed by atoms with Crippen molar-refractivity contribution in [3.05, 3.63) is 41.0 Å². The van der Waals surface area contributed by atoms with Crippen LogP contribution in [0.3, 0.4) is 0 Å². The minimum absolute atomic E-state index is 0.0105. The van der Waals surface area contributed by atoms with Crippen molar-refractivity contribution in [2.75, 3.05) is 6.79 Å². The number of fused-ring (bicyclic) bond motifs is 2. The van der Waals surface area contributed by atoms with E-state index in [0.717, 1.165) is 53.5 Å². The molecule has 2 heterocycles. The molecule has 6 nitrogen and oxygen atoms in total. The lowest BCUT2D eigenvalue weighted by Gasteiger charge is -2.20. The number of carbonyl (C=O) groups excluding carboxylic acids is 1. The van der Waals surface area contributed by atoms with Gasteiger partial charge in [-0.25, -0.2) is 4.98 Å². The fraction of sp³-hybridized carbons (Fsp3) is 0.412. The monoisotopic (exact) mass is 313 g/mol. The third kappa shape index (κ3) is 2.76. The second-order valence-electron chi connectivity index (χ2n) is 6.09. The van der Waals surface area contributed by atoms with Gasteiger partial charge in [0.2, 0.25) is 12.7 Å².